The summed E-state index contributed by atoms with van der Waals surface area (Å²) < 4.78 is 5.28. The van der Waals surface area contributed by atoms with E-state index in [4.69, 9.17) is 16.3 Å². The van der Waals surface area contributed by atoms with E-state index in [1.54, 1.807) is 14.0 Å². The molecule has 0 spiro atoms. The number of halogens is 1. The average molecular weight is 227 g/mol. The lowest BCUT2D eigenvalue weighted by atomic mass is 10.0. The van der Waals surface area contributed by atoms with Gasteiger partial charge in [0.15, 0.2) is 0 Å². The SMILES string of the molecule is COc1c(CC(C)=O)cc(C)c(Cl)c1C. The van der Waals surface area contributed by atoms with Gasteiger partial charge < -0.3 is 4.74 Å². The minimum Gasteiger partial charge on any atom is -0.496 e. The maximum atomic E-state index is 11.1. The van der Waals surface area contributed by atoms with Gasteiger partial charge in [-0.3, -0.25) is 4.79 Å². The van der Waals surface area contributed by atoms with Crippen LogP contribution in [0.2, 0.25) is 5.02 Å². The van der Waals surface area contributed by atoms with Gasteiger partial charge >= 0.3 is 0 Å². The van der Waals surface area contributed by atoms with Crippen LogP contribution in [0.4, 0.5) is 0 Å². The molecule has 2 nitrogen and oxygen atoms in total. The molecule has 1 aromatic carbocycles. The molecule has 0 aliphatic heterocycles. The number of methoxy groups -OCH3 is 1. The van der Waals surface area contributed by atoms with Crippen LogP contribution < -0.4 is 4.74 Å². The maximum absolute atomic E-state index is 11.1. The lowest BCUT2D eigenvalue weighted by molar-refractivity contribution is -0.116. The van der Waals surface area contributed by atoms with Crippen LogP contribution in [0.15, 0.2) is 6.07 Å². The molecule has 1 aromatic rings. The summed E-state index contributed by atoms with van der Waals surface area (Å²) in [4.78, 5) is 11.1. The van der Waals surface area contributed by atoms with Crippen LogP contribution in [0, 0.1) is 13.8 Å². The monoisotopic (exact) mass is 226 g/mol. The fourth-order valence-corrected chi connectivity index (χ4v) is 1.85. The van der Waals surface area contributed by atoms with Crippen LogP contribution in [0.5, 0.6) is 5.75 Å². The van der Waals surface area contributed by atoms with Gasteiger partial charge in [-0.25, -0.2) is 0 Å². The van der Waals surface area contributed by atoms with Crippen LogP contribution in [0.3, 0.4) is 0 Å². The van der Waals surface area contributed by atoms with Gasteiger partial charge in [0.2, 0.25) is 0 Å². The summed E-state index contributed by atoms with van der Waals surface area (Å²) in [6, 6.07) is 1.91. The van der Waals surface area contributed by atoms with Gasteiger partial charge in [0.25, 0.3) is 0 Å². The number of ketones is 1. The van der Waals surface area contributed by atoms with Gasteiger partial charge in [0.1, 0.15) is 11.5 Å². The fourth-order valence-electron chi connectivity index (χ4n) is 1.71. The van der Waals surface area contributed by atoms with E-state index in [2.05, 4.69) is 0 Å². The van der Waals surface area contributed by atoms with E-state index in [9.17, 15) is 4.79 Å². The zero-order valence-corrected chi connectivity index (χ0v) is 10.2. The molecule has 15 heavy (non-hydrogen) atoms. The normalized spacial score (nSPS) is 10.2. The molecule has 0 saturated heterocycles. The number of ether oxygens (including phenoxy) is 1. The molecule has 0 aliphatic carbocycles. The first-order chi connectivity index (χ1) is 6.97. The van der Waals surface area contributed by atoms with Crippen LogP contribution >= 0.6 is 11.6 Å². The third-order valence-electron chi connectivity index (χ3n) is 2.34. The molecule has 0 fully saturated rings. The van der Waals surface area contributed by atoms with Gasteiger partial charge in [0.05, 0.1) is 12.1 Å². The molecule has 0 saturated carbocycles. The Hall–Kier alpha value is -1.02. The molecule has 0 amide bonds. The second-order valence-corrected chi connectivity index (χ2v) is 4.08. The second kappa shape index (κ2) is 4.67. The van der Waals surface area contributed by atoms with E-state index >= 15 is 0 Å². The minimum absolute atomic E-state index is 0.120. The van der Waals surface area contributed by atoms with E-state index in [0.717, 1.165) is 22.4 Å². The van der Waals surface area contributed by atoms with Crippen molar-refractivity contribution in [2.75, 3.05) is 7.11 Å². The van der Waals surface area contributed by atoms with Gasteiger partial charge in [-0.2, -0.15) is 0 Å². The first-order valence-electron chi connectivity index (χ1n) is 4.79. The third-order valence-corrected chi connectivity index (χ3v) is 2.92. The number of hydrogen-bond acceptors (Lipinski definition) is 2. The molecular weight excluding hydrogens is 212 g/mol. The van der Waals surface area contributed by atoms with Crippen molar-refractivity contribution in [3.8, 4) is 5.75 Å². The highest BCUT2D eigenvalue weighted by molar-refractivity contribution is 6.32. The van der Waals surface area contributed by atoms with Crippen molar-refractivity contribution in [1.82, 2.24) is 0 Å². The van der Waals surface area contributed by atoms with E-state index in [0.29, 0.717) is 11.4 Å². The molecular formula is C12H15ClO2. The number of carbonyl (C=O) groups excluding carboxylic acids is 1. The van der Waals surface area contributed by atoms with Crippen molar-refractivity contribution in [2.24, 2.45) is 0 Å². The highest BCUT2D eigenvalue weighted by Gasteiger charge is 2.13. The summed E-state index contributed by atoms with van der Waals surface area (Å²) in [6.07, 6.45) is 0.391. The van der Waals surface area contributed by atoms with Crippen molar-refractivity contribution >= 4 is 17.4 Å². The standard InChI is InChI=1S/C12H15ClO2/c1-7-5-10(6-8(2)14)12(15-4)9(3)11(7)13/h5H,6H2,1-4H3. The number of hydrogen-bond donors (Lipinski definition) is 0. The molecule has 0 atom stereocenters. The van der Waals surface area contributed by atoms with Gasteiger partial charge in [-0.15, -0.1) is 0 Å². The van der Waals surface area contributed by atoms with Crippen molar-refractivity contribution in [1.29, 1.82) is 0 Å². The summed E-state index contributed by atoms with van der Waals surface area (Å²) in [5.74, 6) is 0.843. The van der Waals surface area contributed by atoms with Crippen molar-refractivity contribution in [2.45, 2.75) is 27.2 Å². The van der Waals surface area contributed by atoms with Crippen molar-refractivity contribution in [3.63, 3.8) is 0 Å². The van der Waals surface area contributed by atoms with Crippen molar-refractivity contribution in [3.05, 3.63) is 27.8 Å². The Morgan fingerprint density at radius 2 is 2.07 bits per heavy atom. The molecule has 1 rings (SSSR count). The lowest BCUT2D eigenvalue weighted by Gasteiger charge is -2.13. The molecule has 82 valence electrons. The summed E-state index contributed by atoms with van der Waals surface area (Å²) in [6.45, 7) is 5.40. The molecule has 0 heterocycles. The molecule has 0 N–H and O–H groups in total. The van der Waals surface area contributed by atoms with Crippen LogP contribution in [-0.2, 0) is 11.2 Å². The predicted octanol–water partition coefficient (Wildman–Crippen LogP) is 3.10. The zero-order chi connectivity index (χ0) is 11.6. The Morgan fingerprint density at radius 1 is 1.47 bits per heavy atom. The highest BCUT2D eigenvalue weighted by atomic mass is 35.5. The minimum atomic E-state index is 0.120. The first kappa shape index (κ1) is 12.1. The Balaban J connectivity index is 3.31. The third kappa shape index (κ3) is 2.51. The van der Waals surface area contributed by atoms with E-state index in [1.165, 1.54) is 0 Å². The number of rotatable bonds is 3. The number of carbonyl (C=O) groups is 1. The van der Waals surface area contributed by atoms with Gasteiger partial charge in [0, 0.05) is 17.5 Å². The smallest absolute Gasteiger partial charge is 0.134 e. The van der Waals surface area contributed by atoms with E-state index in [-0.39, 0.29) is 5.78 Å². The van der Waals surface area contributed by atoms with E-state index < -0.39 is 0 Å². The molecule has 0 radical (unpaired) electrons. The summed E-state index contributed by atoms with van der Waals surface area (Å²) in [5.41, 5.74) is 2.78. The summed E-state index contributed by atoms with van der Waals surface area (Å²) in [7, 11) is 1.59. The predicted molar refractivity (Wildman–Crippen MR) is 61.9 cm³/mol. The first-order valence-corrected chi connectivity index (χ1v) is 5.17. The Kier molecular flexibility index (Phi) is 3.75. The number of aryl methyl sites for hydroxylation is 1. The number of benzene rings is 1. The molecule has 0 aliphatic rings. The van der Waals surface area contributed by atoms with Gasteiger partial charge in [-0.05, 0) is 26.3 Å². The average Bonchev–Trinajstić information content (AvgIpc) is 2.14. The molecule has 0 bridgehead atoms. The second-order valence-electron chi connectivity index (χ2n) is 3.70. The molecule has 3 heteroatoms. The summed E-state index contributed by atoms with van der Waals surface area (Å²) in [5, 5.41) is 0.708. The maximum Gasteiger partial charge on any atom is 0.134 e. The number of Topliss-reactive ketones (excluding diaryl/α,β-unsaturated/α-hetero) is 1. The highest BCUT2D eigenvalue weighted by Crippen LogP contribution is 2.32. The Bertz CT molecular complexity index is 397. The molecule has 0 unspecified atom stereocenters. The topological polar surface area (TPSA) is 26.3 Å². The zero-order valence-electron chi connectivity index (χ0n) is 9.48. The van der Waals surface area contributed by atoms with Crippen LogP contribution in [0.1, 0.15) is 23.6 Å². The molecule has 0 aromatic heterocycles. The lowest BCUT2D eigenvalue weighted by Crippen LogP contribution is -2.02. The summed E-state index contributed by atoms with van der Waals surface area (Å²) >= 11 is 6.11. The Labute approximate surface area is 95.2 Å². The quantitative estimate of drug-likeness (QED) is 0.792. The largest absolute Gasteiger partial charge is 0.496 e. The van der Waals surface area contributed by atoms with Crippen LogP contribution in [0.25, 0.3) is 0 Å². The fraction of sp³-hybridized carbons (Fsp3) is 0.417. The van der Waals surface area contributed by atoms with Crippen LogP contribution in [-0.4, -0.2) is 12.9 Å². The Morgan fingerprint density at radius 3 is 2.53 bits per heavy atom. The van der Waals surface area contributed by atoms with Gasteiger partial charge in [-0.1, -0.05) is 17.7 Å². The van der Waals surface area contributed by atoms with Crippen molar-refractivity contribution < 1.29 is 9.53 Å². The van der Waals surface area contributed by atoms with E-state index in [1.807, 2.05) is 19.9 Å².